The SMILES string of the molecule is CCCCN(CCCC)C(=O)C(=O)Nc1ccc(Cl)c(Cl)c1. The zero-order chi connectivity index (χ0) is 16.5. The molecule has 0 aliphatic heterocycles. The first kappa shape index (κ1) is 18.8. The molecule has 1 aromatic rings. The van der Waals surface area contributed by atoms with Crippen molar-refractivity contribution in [2.24, 2.45) is 0 Å². The fraction of sp³-hybridized carbons (Fsp3) is 0.500. The molecule has 0 aromatic heterocycles. The molecule has 0 atom stereocenters. The molecule has 0 fully saturated rings. The maximum atomic E-state index is 12.3. The number of hydrogen-bond donors (Lipinski definition) is 1. The highest BCUT2D eigenvalue weighted by molar-refractivity contribution is 6.42. The average Bonchev–Trinajstić information content (AvgIpc) is 2.50. The summed E-state index contributed by atoms with van der Waals surface area (Å²) in [6.07, 6.45) is 3.72. The molecule has 22 heavy (non-hydrogen) atoms. The zero-order valence-corrected chi connectivity index (χ0v) is 14.5. The molecule has 0 radical (unpaired) electrons. The van der Waals surface area contributed by atoms with E-state index in [0.29, 0.717) is 28.8 Å². The Morgan fingerprint density at radius 2 is 1.64 bits per heavy atom. The van der Waals surface area contributed by atoms with Gasteiger partial charge in [-0.1, -0.05) is 49.9 Å². The summed E-state index contributed by atoms with van der Waals surface area (Å²) < 4.78 is 0. The Hall–Kier alpha value is -1.26. The number of nitrogens with one attached hydrogen (secondary N) is 1. The molecule has 0 heterocycles. The van der Waals surface area contributed by atoms with E-state index in [-0.39, 0.29) is 0 Å². The van der Waals surface area contributed by atoms with Crippen LogP contribution in [0.25, 0.3) is 0 Å². The Labute approximate surface area is 141 Å². The first-order chi connectivity index (χ1) is 10.5. The van der Waals surface area contributed by atoms with Gasteiger partial charge in [-0.3, -0.25) is 9.59 Å². The Morgan fingerprint density at radius 3 is 2.14 bits per heavy atom. The fourth-order valence-corrected chi connectivity index (χ4v) is 2.21. The molecule has 0 unspecified atom stereocenters. The molecule has 0 saturated carbocycles. The van der Waals surface area contributed by atoms with Gasteiger partial charge in [0.1, 0.15) is 0 Å². The predicted molar refractivity (Wildman–Crippen MR) is 91.5 cm³/mol. The van der Waals surface area contributed by atoms with Gasteiger partial charge < -0.3 is 10.2 Å². The van der Waals surface area contributed by atoms with E-state index in [2.05, 4.69) is 19.2 Å². The summed E-state index contributed by atoms with van der Waals surface area (Å²) in [5.74, 6) is -1.15. The van der Waals surface area contributed by atoms with Gasteiger partial charge in [-0.15, -0.1) is 0 Å². The standard InChI is InChI=1S/C16H22Cl2N2O2/c1-3-5-9-20(10-6-4-2)16(22)15(21)19-12-7-8-13(17)14(18)11-12/h7-8,11H,3-6,9-10H2,1-2H3,(H,19,21). The lowest BCUT2D eigenvalue weighted by Crippen LogP contribution is -2.40. The van der Waals surface area contributed by atoms with Crippen molar-refractivity contribution in [3.63, 3.8) is 0 Å². The minimum absolute atomic E-state index is 0.334. The topological polar surface area (TPSA) is 49.4 Å². The molecular formula is C16H22Cl2N2O2. The number of nitrogens with zero attached hydrogens (tertiary/aromatic N) is 1. The van der Waals surface area contributed by atoms with Crippen LogP contribution in [0.5, 0.6) is 0 Å². The largest absolute Gasteiger partial charge is 0.334 e. The Kier molecular flexibility index (Phi) is 8.28. The van der Waals surface area contributed by atoms with Crippen molar-refractivity contribution in [3.05, 3.63) is 28.2 Å². The molecule has 0 spiro atoms. The van der Waals surface area contributed by atoms with Crippen molar-refractivity contribution in [3.8, 4) is 0 Å². The van der Waals surface area contributed by atoms with Crippen LogP contribution < -0.4 is 5.32 Å². The van der Waals surface area contributed by atoms with Crippen LogP contribution in [0.3, 0.4) is 0 Å². The van der Waals surface area contributed by atoms with Gasteiger partial charge in [0, 0.05) is 18.8 Å². The highest BCUT2D eigenvalue weighted by atomic mass is 35.5. The van der Waals surface area contributed by atoms with Gasteiger partial charge in [-0.25, -0.2) is 0 Å². The second kappa shape index (κ2) is 9.70. The van der Waals surface area contributed by atoms with Crippen LogP contribution in [0, 0.1) is 0 Å². The molecule has 122 valence electrons. The number of halogens is 2. The predicted octanol–water partition coefficient (Wildman–Crippen LogP) is 4.36. The summed E-state index contributed by atoms with van der Waals surface area (Å²) in [5.41, 5.74) is 0.457. The second-order valence-corrected chi connectivity index (χ2v) is 5.90. The third-order valence-corrected chi connectivity index (χ3v) is 3.96. The number of unbranched alkanes of at least 4 members (excludes halogenated alkanes) is 2. The van der Waals surface area contributed by atoms with Crippen LogP contribution in [0.15, 0.2) is 18.2 Å². The van der Waals surface area contributed by atoms with Crippen molar-refractivity contribution in [2.45, 2.75) is 39.5 Å². The van der Waals surface area contributed by atoms with Gasteiger partial charge in [0.2, 0.25) is 0 Å². The average molecular weight is 345 g/mol. The quantitative estimate of drug-likeness (QED) is 0.747. The smallest absolute Gasteiger partial charge is 0.313 e. The molecule has 0 aliphatic carbocycles. The fourth-order valence-electron chi connectivity index (χ4n) is 1.91. The minimum Gasteiger partial charge on any atom is -0.334 e. The number of rotatable bonds is 7. The number of benzene rings is 1. The molecule has 1 aromatic carbocycles. The molecule has 6 heteroatoms. The van der Waals surface area contributed by atoms with Gasteiger partial charge in [0.15, 0.2) is 0 Å². The third-order valence-electron chi connectivity index (χ3n) is 3.22. The minimum atomic E-state index is -0.648. The zero-order valence-electron chi connectivity index (χ0n) is 13.0. The number of carbonyl (C=O) groups excluding carboxylic acids is 2. The van der Waals surface area contributed by atoms with Gasteiger partial charge in [-0.05, 0) is 31.0 Å². The lowest BCUT2D eigenvalue weighted by atomic mass is 10.2. The van der Waals surface area contributed by atoms with Crippen molar-refractivity contribution in [1.82, 2.24) is 4.90 Å². The molecule has 0 bridgehead atoms. The number of carbonyl (C=O) groups is 2. The van der Waals surface area contributed by atoms with Gasteiger partial charge >= 0.3 is 11.8 Å². The first-order valence-electron chi connectivity index (χ1n) is 7.54. The molecule has 4 nitrogen and oxygen atoms in total. The van der Waals surface area contributed by atoms with Gasteiger partial charge in [0.25, 0.3) is 0 Å². The van der Waals surface area contributed by atoms with E-state index in [0.717, 1.165) is 25.7 Å². The van der Waals surface area contributed by atoms with Crippen LogP contribution in [-0.2, 0) is 9.59 Å². The van der Waals surface area contributed by atoms with E-state index in [4.69, 9.17) is 23.2 Å². The van der Waals surface area contributed by atoms with Crippen LogP contribution in [0.4, 0.5) is 5.69 Å². The van der Waals surface area contributed by atoms with Crippen molar-refractivity contribution in [2.75, 3.05) is 18.4 Å². The molecule has 2 amide bonds. The van der Waals surface area contributed by atoms with E-state index in [9.17, 15) is 9.59 Å². The maximum absolute atomic E-state index is 12.3. The van der Waals surface area contributed by atoms with E-state index < -0.39 is 11.8 Å². The number of anilines is 1. The summed E-state index contributed by atoms with van der Waals surface area (Å²) >= 11 is 11.7. The lowest BCUT2D eigenvalue weighted by Gasteiger charge is -2.21. The Morgan fingerprint density at radius 1 is 1.05 bits per heavy atom. The van der Waals surface area contributed by atoms with Crippen LogP contribution >= 0.6 is 23.2 Å². The van der Waals surface area contributed by atoms with Crippen LogP contribution in [0.1, 0.15) is 39.5 Å². The van der Waals surface area contributed by atoms with Crippen molar-refractivity contribution >= 4 is 40.7 Å². The number of hydrogen-bond acceptors (Lipinski definition) is 2. The van der Waals surface area contributed by atoms with Crippen LogP contribution in [0.2, 0.25) is 10.0 Å². The summed E-state index contributed by atoms with van der Waals surface area (Å²) in [7, 11) is 0. The highest BCUT2D eigenvalue weighted by Crippen LogP contribution is 2.25. The molecule has 1 N–H and O–H groups in total. The summed E-state index contributed by atoms with van der Waals surface area (Å²) in [5, 5.41) is 3.31. The molecule has 1 rings (SSSR count). The van der Waals surface area contributed by atoms with Crippen molar-refractivity contribution < 1.29 is 9.59 Å². The number of amides is 2. The van der Waals surface area contributed by atoms with Crippen LogP contribution in [-0.4, -0.2) is 29.8 Å². The molecule has 0 saturated heterocycles. The molecular weight excluding hydrogens is 323 g/mol. The summed E-state index contributed by atoms with van der Waals surface area (Å²) in [6, 6.07) is 4.72. The molecule has 0 aliphatic rings. The maximum Gasteiger partial charge on any atom is 0.313 e. The van der Waals surface area contributed by atoms with E-state index in [1.165, 1.54) is 6.07 Å². The first-order valence-corrected chi connectivity index (χ1v) is 8.30. The van der Waals surface area contributed by atoms with Gasteiger partial charge in [-0.2, -0.15) is 0 Å². The van der Waals surface area contributed by atoms with E-state index in [1.54, 1.807) is 17.0 Å². The highest BCUT2D eigenvalue weighted by Gasteiger charge is 2.21. The lowest BCUT2D eigenvalue weighted by molar-refractivity contribution is -0.143. The van der Waals surface area contributed by atoms with Gasteiger partial charge in [0.05, 0.1) is 10.0 Å². The van der Waals surface area contributed by atoms with E-state index in [1.807, 2.05) is 0 Å². The third kappa shape index (κ3) is 5.85. The summed E-state index contributed by atoms with van der Waals surface area (Å²) in [6.45, 7) is 5.31. The van der Waals surface area contributed by atoms with Crippen molar-refractivity contribution in [1.29, 1.82) is 0 Å². The summed E-state index contributed by atoms with van der Waals surface area (Å²) in [4.78, 5) is 26.0. The Balaban J connectivity index is 2.70. The second-order valence-electron chi connectivity index (χ2n) is 5.08. The normalized spacial score (nSPS) is 10.4. The monoisotopic (exact) mass is 344 g/mol. The van der Waals surface area contributed by atoms with E-state index >= 15 is 0 Å². The Bertz CT molecular complexity index is 513.